The fourth-order valence-corrected chi connectivity index (χ4v) is 3.42. The molecule has 0 unspecified atom stereocenters. The molecule has 0 aliphatic rings. The summed E-state index contributed by atoms with van der Waals surface area (Å²) in [7, 11) is 0. The molecule has 3 aromatic heterocycles. The molecule has 6 nitrogen and oxygen atoms in total. The standard InChI is InChI=1S/C20H20ClN5O/c1-3-5-11-25-12-10-16-18(20(25)27)22-23-19-17(15(4-2)24-26(16)19)13-6-8-14(21)9-7-13/h6-10,12H,3-5,11H2,1-2H3. The third kappa shape index (κ3) is 3.00. The molecule has 0 aliphatic carbocycles. The van der Waals surface area contributed by atoms with Crippen molar-refractivity contribution in [1.82, 2.24) is 24.4 Å². The van der Waals surface area contributed by atoms with Crippen LogP contribution in [0.4, 0.5) is 0 Å². The minimum atomic E-state index is -0.128. The monoisotopic (exact) mass is 381 g/mol. The molecule has 0 amide bonds. The molecular formula is C20H20ClN5O. The van der Waals surface area contributed by atoms with E-state index in [0.717, 1.165) is 36.1 Å². The molecule has 0 atom stereocenters. The van der Waals surface area contributed by atoms with Gasteiger partial charge in [0.05, 0.1) is 11.3 Å². The molecule has 0 saturated carbocycles. The van der Waals surface area contributed by atoms with Gasteiger partial charge in [0.15, 0.2) is 11.2 Å². The number of unbranched alkanes of at least 4 members (excludes halogenated alkanes) is 1. The molecule has 0 N–H and O–H groups in total. The van der Waals surface area contributed by atoms with Crippen molar-refractivity contribution < 1.29 is 0 Å². The van der Waals surface area contributed by atoms with Gasteiger partial charge in [-0.2, -0.15) is 5.10 Å². The first-order chi connectivity index (χ1) is 13.1. The Balaban J connectivity index is 1.97. The van der Waals surface area contributed by atoms with Gasteiger partial charge in [0, 0.05) is 17.8 Å². The van der Waals surface area contributed by atoms with Crippen LogP contribution < -0.4 is 5.56 Å². The molecule has 0 bridgehead atoms. The second-order valence-corrected chi connectivity index (χ2v) is 6.96. The summed E-state index contributed by atoms with van der Waals surface area (Å²) in [5, 5.41) is 14.0. The topological polar surface area (TPSA) is 65.1 Å². The number of nitrogens with zero attached hydrogens (tertiary/aromatic N) is 5. The van der Waals surface area contributed by atoms with E-state index in [4.69, 9.17) is 16.7 Å². The van der Waals surface area contributed by atoms with Crippen molar-refractivity contribution in [3.63, 3.8) is 0 Å². The molecule has 138 valence electrons. The number of rotatable bonds is 5. The van der Waals surface area contributed by atoms with Gasteiger partial charge in [0.1, 0.15) is 5.52 Å². The van der Waals surface area contributed by atoms with Crippen LogP contribution in [-0.2, 0) is 13.0 Å². The number of fused-ring (bicyclic) bond motifs is 3. The first-order valence-electron chi connectivity index (χ1n) is 9.17. The predicted octanol–water partition coefficient (Wildman–Crippen LogP) is 4.12. The zero-order valence-electron chi connectivity index (χ0n) is 15.3. The van der Waals surface area contributed by atoms with Crippen LogP contribution in [0.5, 0.6) is 0 Å². The van der Waals surface area contributed by atoms with Gasteiger partial charge in [0.25, 0.3) is 5.56 Å². The minimum absolute atomic E-state index is 0.128. The molecule has 0 radical (unpaired) electrons. The summed E-state index contributed by atoms with van der Waals surface area (Å²) >= 11 is 6.03. The van der Waals surface area contributed by atoms with E-state index >= 15 is 0 Å². The fraction of sp³-hybridized carbons (Fsp3) is 0.300. The number of hydrogen-bond acceptors (Lipinski definition) is 4. The van der Waals surface area contributed by atoms with E-state index in [1.54, 1.807) is 9.08 Å². The third-order valence-corrected chi connectivity index (χ3v) is 5.00. The zero-order chi connectivity index (χ0) is 19.0. The summed E-state index contributed by atoms with van der Waals surface area (Å²) in [5.74, 6) is 0. The Morgan fingerprint density at radius 3 is 2.56 bits per heavy atom. The van der Waals surface area contributed by atoms with Crippen molar-refractivity contribution in [3.05, 3.63) is 57.6 Å². The summed E-state index contributed by atoms with van der Waals surface area (Å²) in [6, 6.07) is 9.49. The highest BCUT2D eigenvalue weighted by Gasteiger charge is 2.18. The highest BCUT2D eigenvalue weighted by molar-refractivity contribution is 6.30. The van der Waals surface area contributed by atoms with E-state index in [1.807, 2.05) is 36.5 Å². The molecule has 0 fully saturated rings. The lowest BCUT2D eigenvalue weighted by atomic mass is 10.0. The Labute approximate surface area is 161 Å². The summed E-state index contributed by atoms with van der Waals surface area (Å²) in [4.78, 5) is 12.8. The number of benzene rings is 1. The van der Waals surface area contributed by atoms with E-state index in [0.29, 0.717) is 28.2 Å². The van der Waals surface area contributed by atoms with Crippen LogP contribution >= 0.6 is 11.6 Å². The lowest BCUT2D eigenvalue weighted by Gasteiger charge is -2.06. The lowest BCUT2D eigenvalue weighted by Crippen LogP contribution is -2.21. The smallest absolute Gasteiger partial charge is 0.280 e. The molecular weight excluding hydrogens is 362 g/mol. The minimum Gasteiger partial charge on any atom is -0.313 e. The molecule has 0 aliphatic heterocycles. The van der Waals surface area contributed by atoms with Crippen molar-refractivity contribution in [2.24, 2.45) is 0 Å². The van der Waals surface area contributed by atoms with Crippen LogP contribution in [0.25, 0.3) is 27.8 Å². The van der Waals surface area contributed by atoms with Crippen molar-refractivity contribution in [3.8, 4) is 11.1 Å². The zero-order valence-corrected chi connectivity index (χ0v) is 16.1. The summed E-state index contributed by atoms with van der Waals surface area (Å²) < 4.78 is 3.42. The lowest BCUT2D eigenvalue weighted by molar-refractivity contribution is 0.615. The van der Waals surface area contributed by atoms with Gasteiger partial charge in [-0.3, -0.25) is 4.79 Å². The highest BCUT2D eigenvalue weighted by atomic mass is 35.5. The summed E-state index contributed by atoms with van der Waals surface area (Å²) in [5.41, 5.74) is 4.36. The largest absolute Gasteiger partial charge is 0.313 e. The summed E-state index contributed by atoms with van der Waals surface area (Å²) in [6.45, 7) is 4.83. The Morgan fingerprint density at radius 1 is 1.07 bits per heavy atom. The average molecular weight is 382 g/mol. The number of aryl methyl sites for hydroxylation is 2. The van der Waals surface area contributed by atoms with Crippen molar-refractivity contribution >= 4 is 28.3 Å². The molecule has 0 spiro atoms. The molecule has 4 aromatic rings. The maximum absolute atomic E-state index is 12.8. The van der Waals surface area contributed by atoms with E-state index in [2.05, 4.69) is 24.0 Å². The maximum Gasteiger partial charge on any atom is 0.280 e. The van der Waals surface area contributed by atoms with Gasteiger partial charge in [-0.05, 0) is 36.6 Å². The van der Waals surface area contributed by atoms with Gasteiger partial charge < -0.3 is 4.57 Å². The van der Waals surface area contributed by atoms with Gasteiger partial charge in [-0.1, -0.05) is 44.0 Å². The van der Waals surface area contributed by atoms with Crippen LogP contribution in [0.2, 0.25) is 5.02 Å². The van der Waals surface area contributed by atoms with Gasteiger partial charge in [-0.25, -0.2) is 4.52 Å². The van der Waals surface area contributed by atoms with E-state index in [9.17, 15) is 4.79 Å². The Bertz CT molecular complexity index is 1180. The SMILES string of the molecule is CCCCn1ccc2c(nnc3c(-c4ccc(Cl)cc4)c(CC)nn32)c1=O. The number of hydrogen-bond donors (Lipinski definition) is 0. The van der Waals surface area contributed by atoms with E-state index < -0.39 is 0 Å². The molecule has 0 saturated heterocycles. The van der Waals surface area contributed by atoms with Crippen molar-refractivity contribution in [1.29, 1.82) is 0 Å². The van der Waals surface area contributed by atoms with E-state index in [-0.39, 0.29) is 5.56 Å². The molecule has 27 heavy (non-hydrogen) atoms. The van der Waals surface area contributed by atoms with Crippen LogP contribution in [0.1, 0.15) is 32.4 Å². The molecule has 3 heterocycles. The van der Waals surface area contributed by atoms with Crippen LogP contribution in [-0.4, -0.2) is 24.4 Å². The predicted molar refractivity (Wildman–Crippen MR) is 107 cm³/mol. The van der Waals surface area contributed by atoms with Crippen LogP contribution in [0.15, 0.2) is 41.3 Å². The first-order valence-corrected chi connectivity index (χ1v) is 9.55. The van der Waals surface area contributed by atoms with Crippen LogP contribution in [0.3, 0.4) is 0 Å². The normalized spacial score (nSPS) is 11.5. The fourth-order valence-electron chi connectivity index (χ4n) is 3.29. The highest BCUT2D eigenvalue weighted by Crippen LogP contribution is 2.29. The third-order valence-electron chi connectivity index (χ3n) is 4.75. The maximum atomic E-state index is 12.8. The Hall–Kier alpha value is -2.73. The van der Waals surface area contributed by atoms with E-state index in [1.165, 1.54) is 0 Å². The number of pyridine rings is 1. The number of halogens is 1. The molecule has 4 rings (SSSR count). The van der Waals surface area contributed by atoms with Crippen molar-refractivity contribution in [2.45, 2.75) is 39.7 Å². The van der Waals surface area contributed by atoms with Crippen molar-refractivity contribution in [2.75, 3.05) is 0 Å². The van der Waals surface area contributed by atoms with Crippen LogP contribution in [0, 0.1) is 0 Å². The Kier molecular flexibility index (Phi) is 4.66. The van der Waals surface area contributed by atoms with Gasteiger partial charge in [-0.15, -0.1) is 10.2 Å². The van der Waals surface area contributed by atoms with Gasteiger partial charge >= 0.3 is 0 Å². The second-order valence-electron chi connectivity index (χ2n) is 6.52. The molecule has 1 aromatic carbocycles. The Morgan fingerprint density at radius 2 is 1.85 bits per heavy atom. The number of aromatic nitrogens is 5. The molecule has 7 heteroatoms. The average Bonchev–Trinajstić information content (AvgIpc) is 3.07. The van der Waals surface area contributed by atoms with Gasteiger partial charge in [0.2, 0.25) is 0 Å². The summed E-state index contributed by atoms with van der Waals surface area (Å²) in [6.07, 6.45) is 4.54. The second kappa shape index (κ2) is 7.12. The quantitative estimate of drug-likeness (QED) is 0.521. The first kappa shape index (κ1) is 17.7.